The number of non-ortho nitro benzene ring substituents is 1. The second kappa shape index (κ2) is 9.45. The number of fused-ring (bicyclic) bond motifs is 1. The summed E-state index contributed by atoms with van der Waals surface area (Å²) < 4.78 is 6.77. The Kier molecular flexibility index (Phi) is 6.47. The average Bonchev–Trinajstić information content (AvgIpc) is 3.27. The van der Waals surface area contributed by atoms with Crippen LogP contribution in [0.5, 0.6) is 5.75 Å². The molecule has 1 aromatic heterocycles. The number of hydrogen-bond donors (Lipinski definition) is 1. The van der Waals surface area contributed by atoms with Gasteiger partial charge >= 0.3 is 0 Å². The van der Waals surface area contributed by atoms with Crippen LogP contribution < -0.4 is 15.6 Å². The third-order valence-corrected chi connectivity index (χ3v) is 6.70. The molecular weight excluding hydrogens is 452 g/mol. The first kappa shape index (κ1) is 21.9. The highest BCUT2D eigenvalue weighted by Crippen LogP contribution is 2.30. The molecule has 9 nitrogen and oxygen atoms in total. The SMILES string of the molecule is COc1cccc(-n2c(SCC(=O)Nc3cccc([N+](=O)[O-])c3)nc3c(c2=O)SCC3)c1. The average molecular weight is 471 g/mol. The second-order valence-electron chi connectivity index (χ2n) is 6.75. The highest BCUT2D eigenvalue weighted by atomic mass is 32.2. The fourth-order valence-electron chi connectivity index (χ4n) is 3.19. The van der Waals surface area contributed by atoms with Gasteiger partial charge in [-0.2, -0.15) is 0 Å². The van der Waals surface area contributed by atoms with E-state index in [4.69, 9.17) is 4.74 Å². The van der Waals surface area contributed by atoms with Crippen molar-refractivity contribution in [1.29, 1.82) is 0 Å². The number of nitrogens with one attached hydrogen (secondary N) is 1. The van der Waals surface area contributed by atoms with Crippen LogP contribution >= 0.6 is 23.5 Å². The predicted molar refractivity (Wildman–Crippen MR) is 123 cm³/mol. The van der Waals surface area contributed by atoms with Gasteiger partial charge < -0.3 is 10.1 Å². The van der Waals surface area contributed by atoms with E-state index in [2.05, 4.69) is 10.3 Å². The third-order valence-electron chi connectivity index (χ3n) is 4.65. The minimum absolute atomic E-state index is 0.0228. The van der Waals surface area contributed by atoms with Crippen LogP contribution in [-0.4, -0.2) is 39.0 Å². The molecule has 3 aromatic rings. The van der Waals surface area contributed by atoms with Gasteiger partial charge in [-0.3, -0.25) is 24.3 Å². The quantitative estimate of drug-likeness (QED) is 0.241. The zero-order valence-electron chi connectivity index (χ0n) is 16.9. The molecule has 0 spiro atoms. The zero-order chi connectivity index (χ0) is 22.7. The van der Waals surface area contributed by atoms with E-state index in [0.717, 1.165) is 23.2 Å². The Hall–Kier alpha value is -3.31. The van der Waals surface area contributed by atoms with Gasteiger partial charge in [0, 0.05) is 36.1 Å². The van der Waals surface area contributed by atoms with Crippen molar-refractivity contribution in [2.75, 3.05) is 23.9 Å². The summed E-state index contributed by atoms with van der Waals surface area (Å²) >= 11 is 2.61. The Bertz CT molecular complexity index is 1260. The molecule has 11 heteroatoms. The fraction of sp³-hybridized carbons (Fsp3) is 0.190. The van der Waals surface area contributed by atoms with Crippen LogP contribution in [0.4, 0.5) is 11.4 Å². The standard InChI is InChI=1S/C21H18N4O5S2/c1-30-16-7-3-5-14(11-16)24-20(27)19-17(8-9-31-19)23-21(24)32-12-18(26)22-13-4-2-6-15(10-13)25(28)29/h2-7,10-11H,8-9,12H2,1H3,(H,22,26). The summed E-state index contributed by atoms with van der Waals surface area (Å²) in [5.41, 5.74) is 1.38. The van der Waals surface area contributed by atoms with E-state index in [-0.39, 0.29) is 22.9 Å². The number of rotatable bonds is 7. The van der Waals surface area contributed by atoms with Crippen LogP contribution in [0.25, 0.3) is 5.69 Å². The lowest BCUT2D eigenvalue weighted by Gasteiger charge is -2.14. The minimum Gasteiger partial charge on any atom is -0.497 e. The van der Waals surface area contributed by atoms with Gasteiger partial charge in [-0.25, -0.2) is 4.98 Å². The zero-order valence-corrected chi connectivity index (χ0v) is 18.6. The number of hydrogen-bond acceptors (Lipinski definition) is 8. The molecule has 4 rings (SSSR count). The molecule has 164 valence electrons. The lowest BCUT2D eigenvalue weighted by atomic mass is 10.3. The monoisotopic (exact) mass is 470 g/mol. The number of benzene rings is 2. The number of carbonyl (C=O) groups excluding carboxylic acids is 1. The smallest absolute Gasteiger partial charge is 0.272 e. The summed E-state index contributed by atoms with van der Waals surface area (Å²) in [5.74, 6) is 1.00. The van der Waals surface area contributed by atoms with Crippen molar-refractivity contribution in [3.8, 4) is 11.4 Å². The number of nitro benzene ring substituents is 1. The van der Waals surface area contributed by atoms with Crippen LogP contribution in [0.15, 0.2) is 63.4 Å². The maximum atomic E-state index is 13.2. The van der Waals surface area contributed by atoms with Gasteiger partial charge in [-0.1, -0.05) is 23.9 Å². The Morgan fingerprint density at radius 2 is 2.12 bits per heavy atom. The van der Waals surface area contributed by atoms with Crippen molar-refractivity contribution in [2.45, 2.75) is 16.5 Å². The molecule has 0 bridgehead atoms. The van der Waals surface area contributed by atoms with Crippen molar-refractivity contribution in [1.82, 2.24) is 9.55 Å². The van der Waals surface area contributed by atoms with E-state index in [1.165, 1.54) is 34.5 Å². The van der Waals surface area contributed by atoms with Crippen molar-refractivity contribution < 1.29 is 14.5 Å². The normalized spacial score (nSPS) is 12.3. The maximum Gasteiger partial charge on any atom is 0.272 e. The molecular formula is C21H18N4O5S2. The molecule has 0 saturated carbocycles. The molecule has 32 heavy (non-hydrogen) atoms. The fourth-order valence-corrected chi connectivity index (χ4v) is 5.04. The number of anilines is 1. The first-order chi connectivity index (χ1) is 15.5. The lowest BCUT2D eigenvalue weighted by molar-refractivity contribution is -0.384. The van der Waals surface area contributed by atoms with Crippen molar-refractivity contribution >= 4 is 40.8 Å². The van der Waals surface area contributed by atoms with E-state index in [1.54, 1.807) is 37.4 Å². The van der Waals surface area contributed by atoms with Gasteiger partial charge in [-0.05, 0) is 18.2 Å². The van der Waals surface area contributed by atoms with E-state index in [0.29, 0.717) is 33.6 Å². The highest BCUT2D eigenvalue weighted by Gasteiger charge is 2.23. The predicted octanol–water partition coefficient (Wildman–Crippen LogP) is 3.53. The number of nitro groups is 1. The topological polar surface area (TPSA) is 116 Å². The molecule has 0 fully saturated rings. The van der Waals surface area contributed by atoms with Gasteiger partial charge in [0.1, 0.15) is 5.75 Å². The number of aromatic nitrogens is 2. The second-order valence-corrected chi connectivity index (χ2v) is 8.80. The van der Waals surface area contributed by atoms with E-state index in [9.17, 15) is 19.7 Å². The van der Waals surface area contributed by atoms with Crippen LogP contribution in [0, 0.1) is 10.1 Å². The summed E-state index contributed by atoms with van der Waals surface area (Å²) in [6, 6.07) is 12.8. The molecule has 2 aromatic carbocycles. The largest absolute Gasteiger partial charge is 0.497 e. The number of carbonyl (C=O) groups is 1. The molecule has 0 radical (unpaired) electrons. The number of ether oxygens (including phenoxy) is 1. The number of aryl methyl sites for hydroxylation is 1. The van der Waals surface area contributed by atoms with Crippen molar-refractivity contribution in [3.05, 3.63) is 74.7 Å². The lowest BCUT2D eigenvalue weighted by Crippen LogP contribution is -2.24. The molecule has 0 aliphatic carbocycles. The summed E-state index contributed by atoms with van der Waals surface area (Å²) in [7, 11) is 1.55. The molecule has 1 amide bonds. The first-order valence-corrected chi connectivity index (χ1v) is 11.5. The Labute approximate surface area is 191 Å². The van der Waals surface area contributed by atoms with Gasteiger partial charge in [0.2, 0.25) is 5.91 Å². The van der Waals surface area contributed by atoms with E-state index in [1.807, 2.05) is 0 Å². The van der Waals surface area contributed by atoms with Crippen LogP contribution in [0.3, 0.4) is 0 Å². The van der Waals surface area contributed by atoms with Gasteiger partial charge in [-0.15, -0.1) is 11.8 Å². The Morgan fingerprint density at radius 3 is 2.91 bits per heavy atom. The Balaban J connectivity index is 1.60. The molecule has 0 saturated heterocycles. The van der Waals surface area contributed by atoms with E-state index >= 15 is 0 Å². The number of nitrogens with zero attached hydrogens (tertiary/aromatic N) is 3. The Morgan fingerprint density at radius 1 is 1.31 bits per heavy atom. The minimum atomic E-state index is -0.524. The highest BCUT2D eigenvalue weighted by molar-refractivity contribution is 8.00. The molecule has 0 unspecified atom stereocenters. The molecule has 0 atom stereocenters. The summed E-state index contributed by atoms with van der Waals surface area (Å²) in [6.45, 7) is 0. The molecule has 1 aliphatic heterocycles. The molecule has 2 heterocycles. The van der Waals surface area contributed by atoms with Gasteiger partial charge in [0.15, 0.2) is 5.16 Å². The molecule has 1 aliphatic rings. The van der Waals surface area contributed by atoms with Crippen molar-refractivity contribution in [2.24, 2.45) is 0 Å². The van der Waals surface area contributed by atoms with Crippen LogP contribution in [0.1, 0.15) is 5.69 Å². The maximum absolute atomic E-state index is 13.2. The van der Waals surface area contributed by atoms with Crippen molar-refractivity contribution in [3.63, 3.8) is 0 Å². The van der Waals surface area contributed by atoms with Gasteiger partial charge in [0.05, 0.1) is 34.1 Å². The summed E-state index contributed by atoms with van der Waals surface area (Å²) in [5, 5.41) is 14.0. The first-order valence-electron chi connectivity index (χ1n) is 9.56. The summed E-state index contributed by atoms with van der Waals surface area (Å²) in [6.07, 6.45) is 0.696. The number of thioether (sulfide) groups is 2. The number of amides is 1. The van der Waals surface area contributed by atoms with E-state index < -0.39 is 4.92 Å². The van der Waals surface area contributed by atoms with Crippen LogP contribution in [-0.2, 0) is 11.2 Å². The summed E-state index contributed by atoms with van der Waals surface area (Å²) in [4.78, 5) is 41.4. The molecule has 1 N–H and O–H groups in total. The number of methoxy groups -OCH3 is 1. The van der Waals surface area contributed by atoms with Gasteiger partial charge in [0.25, 0.3) is 11.2 Å². The third kappa shape index (κ3) is 4.63. The van der Waals surface area contributed by atoms with Crippen LogP contribution in [0.2, 0.25) is 0 Å².